The number of Topliss-reactive ketones (excluding diaryl/α,β-unsaturated/α-hetero) is 1. The third kappa shape index (κ3) is 5.79. The highest BCUT2D eigenvalue weighted by atomic mass is 16.7. The zero-order valence-corrected chi connectivity index (χ0v) is 18.4. The first-order valence-electron chi connectivity index (χ1n) is 10.3. The lowest BCUT2D eigenvalue weighted by molar-refractivity contribution is -0.333. The normalized spacial score (nSPS) is 26.5. The summed E-state index contributed by atoms with van der Waals surface area (Å²) in [6.45, 7) is 13.1. The van der Waals surface area contributed by atoms with Crippen molar-refractivity contribution in [3.63, 3.8) is 0 Å². The van der Waals surface area contributed by atoms with Gasteiger partial charge in [0.15, 0.2) is 5.79 Å². The van der Waals surface area contributed by atoms with Gasteiger partial charge < -0.3 is 18.9 Å². The predicted molar refractivity (Wildman–Crippen MR) is 109 cm³/mol. The molecule has 0 spiro atoms. The molecule has 0 amide bonds. The molecule has 0 N–H and O–H groups in total. The second-order valence-electron chi connectivity index (χ2n) is 8.37. The van der Waals surface area contributed by atoms with E-state index in [-0.39, 0.29) is 35.7 Å². The largest absolute Gasteiger partial charge is 0.497 e. The Bertz CT molecular complexity index is 624. The molecule has 5 heteroatoms. The van der Waals surface area contributed by atoms with Crippen LogP contribution in [0.15, 0.2) is 24.3 Å². The average Bonchev–Trinajstić information content (AvgIpc) is 2.68. The fourth-order valence-corrected chi connectivity index (χ4v) is 3.96. The van der Waals surface area contributed by atoms with Crippen LogP contribution in [0.1, 0.15) is 53.5 Å². The molecule has 5 nitrogen and oxygen atoms in total. The van der Waals surface area contributed by atoms with Crippen LogP contribution in [0.3, 0.4) is 0 Å². The number of methoxy groups -OCH3 is 1. The lowest BCUT2D eigenvalue weighted by Gasteiger charge is -2.48. The van der Waals surface area contributed by atoms with E-state index in [1.54, 1.807) is 7.11 Å². The van der Waals surface area contributed by atoms with Crippen molar-refractivity contribution in [1.82, 2.24) is 0 Å². The number of benzene rings is 1. The lowest BCUT2D eigenvalue weighted by Crippen LogP contribution is -2.55. The van der Waals surface area contributed by atoms with E-state index >= 15 is 0 Å². The molecule has 1 fully saturated rings. The maximum absolute atomic E-state index is 12.3. The Morgan fingerprint density at radius 1 is 1.14 bits per heavy atom. The Morgan fingerprint density at radius 3 is 2.32 bits per heavy atom. The highest BCUT2D eigenvalue weighted by Crippen LogP contribution is 2.38. The van der Waals surface area contributed by atoms with Gasteiger partial charge in [-0.2, -0.15) is 0 Å². The molecule has 0 radical (unpaired) electrons. The minimum Gasteiger partial charge on any atom is -0.497 e. The van der Waals surface area contributed by atoms with E-state index in [0.29, 0.717) is 19.6 Å². The Hall–Kier alpha value is -1.43. The Labute approximate surface area is 169 Å². The SMILES string of the molecule is CCC(=O)[C@H](C)[C@H]1OC(C)(C)O[C@H]([C@H](C)COCc2ccc(OC)cc2)[C@@H]1C. The van der Waals surface area contributed by atoms with E-state index in [2.05, 4.69) is 13.8 Å². The smallest absolute Gasteiger partial charge is 0.163 e. The van der Waals surface area contributed by atoms with Crippen molar-refractivity contribution in [2.45, 2.75) is 72.6 Å². The van der Waals surface area contributed by atoms with Crippen LogP contribution in [0, 0.1) is 17.8 Å². The molecule has 2 rings (SSSR count). The van der Waals surface area contributed by atoms with Gasteiger partial charge in [-0.3, -0.25) is 4.79 Å². The van der Waals surface area contributed by atoms with E-state index in [1.807, 2.05) is 52.0 Å². The molecule has 5 atom stereocenters. The Balaban J connectivity index is 1.97. The Kier molecular flexibility index (Phi) is 8.05. The van der Waals surface area contributed by atoms with Crippen molar-refractivity contribution in [2.75, 3.05) is 13.7 Å². The molecular formula is C23H36O5. The van der Waals surface area contributed by atoms with Gasteiger partial charge >= 0.3 is 0 Å². The van der Waals surface area contributed by atoms with E-state index in [0.717, 1.165) is 11.3 Å². The molecule has 1 aliphatic rings. The van der Waals surface area contributed by atoms with Gasteiger partial charge in [0.2, 0.25) is 0 Å². The highest BCUT2D eigenvalue weighted by Gasteiger charge is 2.46. The number of ketones is 1. The van der Waals surface area contributed by atoms with Crippen molar-refractivity contribution < 1.29 is 23.7 Å². The van der Waals surface area contributed by atoms with Gasteiger partial charge in [0.25, 0.3) is 0 Å². The fraction of sp³-hybridized carbons (Fsp3) is 0.696. The molecule has 0 bridgehead atoms. The predicted octanol–water partition coefficient (Wildman–Crippen LogP) is 4.62. The van der Waals surface area contributed by atoms with Crippen molar-refractivity contribution in [3.05, 3.63) is 29.8 Å². The van der Waals surface area contributed by atoms with Crippen LogP contribution in [-0.2, 0) is 25.6 Å². The van der Waals surface area contributed by atoms with Gasteiger partial charge in [-0.05, 0) is 31.5 Å². The summed E-state index contributed by atoms with van der Waals surface area (Å²) in [4.78, 5) is 12.3. The number of ether oxygens (including phenoxy) is 4. The van der Waals surface area contributed by atoms with Crippen LogP contribution in [-0.4, -0.2) is 37.5 Å². The van der Waals surface area contributed by atoms with Crippen LogP contribution in [0.5, 0.6) is 5.75 Å². The van der Waals surface area contributed by atoms with Crippen molar-refractivity contribution >= 4 is 5.78 Å². The molecular weight excluding hydrogens is 356 g/mol. The monoisotopic (exact) mass is 392 g/mol. The molecule has 158 valence electrons. The number of hydrogen-bond donors (Lipinski definition) is 0. The van der Waals surface area contributed by atoms with Gasteiger partial charge in [-0.1, -0.05) is 39.8 Å². The summed E-state index contributed by atoms with van der Waals surface area (Å²) in [6, 6.07) is 7.89. The molecule has 0 unspecified atom stereocenters. The van der Waals surface area contributed by atoms with Crippen molar-refractivity contribution in [2.24, 2.45) is 17.8 Å². The minimum absolute atomic E-state index is 0.0308. The summed E-state index contributed by atoms with van der Waals surface area (Å²) in [5.41, 5.74) is 1.11. The zero-order chi connectivity index (χ0) is 20.9. The summed E-state index contributed by atoms with van der Waals surface area (Å²) in [5, 5.41) is 0. The maximum atomic E-state index is 12.3. The standard InChI is InChI=1S/C23H36O5/c1-8-20(24)16(3)22-17(4)21(27-23(5,6)28-22)15(2)13-26-14-18-9-11-19(25-7)12-10-18/h9-12,15-17,21-22H,8,13-14H2,1-7H3/t15-,16+,17+,21-,22-/m1/s1. The van der Waals surface area contributed by atoms with Crippen molar-refractivity contribution in [1.29, 1.82) is 0 Å². The second-order valence-corrected chi connectivity index (χ2v) is 8.37. The van der Waals surface area contributed by atoms with Crippen LogP contribution >= 0.6 is 0 Å². The molecule has 0 aromatic heterocycles. The molecule has 1 heterocycles. The van der Waals surface area contributed by atoms with Crippen LogP contribution < -0.4 is 4.74 Å². The maximum Gasteiger partial charge on any atom is 0.163 e. The van der Waals surface area contributed by atoms with Crippen LogP contribution in [0.2, 0.25) is 0 Å². The van der Waals surface area contributed by atoms with Crippen LogP contribution in [0.4, 0.5) is 0 Å². The molecule has 1 aromatic carbocycles. The molecule has 1 aromatic rings. The van der Waals surface area contributed by atoms with Crippen LogP contribution in [0.25, 0.3) is 0 Å². The van der Waals surface area contributed by atoms with Gasteiger partial charge in [0.05, 0.1) is 32.5 Å². The second kappa shape index (κ2) is 9.86. The van der Waals surface area contributed by atoms with E-state index in [1.165, 1.54) is 0 Å². The number of hydrogen-bond acceptors (Lipinski definition) is 5. The quantitative estimate of drug-likeness (QED) is 0.614. The topological polar surface area (TPSA) is 54.0 Å². The lowest BCUT2D eigenvalue weighted by atomic mass is 9.81. The van der Waals surface area contributed by atoms with Gasteiger partial charge in [0, 0.05) is 24.2 Å². The van der Waals surface area contributed by atoms with Gasteiger partial charge in [-0.15, -0.1) is 0 Å². The summed E-state index contributed by atoms with van der Waals surface area (Å²) >= 11 is 0. The summed E-state index contributed by atoms with van der Waals surface area (Å²) in [6.07, 6.45) is 0.349. The molecule has 1 saturated heterocycles. The zero-order valence-electron chi connectivity index (χ0n) is 18.4. The Morgan fingerprint density at radius 2 is 1.75 bits per heavy atom. The van der Waals surface area contributed by atoms with E-state index in [9.17, 15) is 4.79 Å². The first-order chi connectivity index (χ1) is 13.2. The van der Waals surface area contributed by atoms with Gasteiger partial charge in [-0.25, -0.2) is 0 Å². The molecule has 0 saturated carbocycles. The first kappa shape index (κ1) is 22.9. The molecule has 1 aliphatic heterocycles. The third-order valence-electron chi connectivity index (χ3n) is 5.59. The fourth-order valence-electron chi connectivity index (χ4n) is 3.96. The molecule has 28 heavy (non-hydrogen) atoms. The van der Waals surface area contributed by atoms with E-state index < -0.39 is 5.79 Å². The minimum atomic E-state index is -0.714. The number of carbonyl (C=O) groups is 1. The summed E-state index contributed by atoms with van der Waals surface area (Å²) < 4.78 is 23.5. The van der Waals surface area contributed by atoms with Crippen molar-refractivity contribution in [3.8, 4) is 5.75 Å². The first-order valence-corrected chi connectivity index (χ1v) is 10.3. The third-order valence-corrected chi connectivity index (χ3v) is 5.59. The van der Waals surface area contributed by atoms with Gasteiger partial charge in [0.1, 0.15) is 11.5 Å². The number of rotatable bonds is 9. The number of carbonyl (C=O) groups excluding carboxylic acids is 1. The summed E-state index contributed by atoms with van der Waals surface area (Å²) in [7, 11) is 1.66. The average molecular weight is 393 g/mol. The highest BCUT2D eigenvalue weighted by molar-refractivity contribution is 5.80. The molecule has 0 aliphatic carbocycles. The summed E-state index contributed by atoms with van der Waals surface area (Å²) in [5.74, 6) is 0.510. The van der Waals surface area contributed by atoms with E-state index in [4.69, 9.17) is 18.9 Å².